The normalized spacial score (nSPS) is 10.2. The predicted molar refractivity (Wildman–Crippen MR) is 92.4 cm³/mol. The minimum atomic E-state index is -0.149. The third-order valence-electron chi connectivity index (χ3n) is 3.48. The van der Waals surface area contributed by atoms with Crippen LogP contribution >= 0.6 is 0 Å². The van der Waals surface area contributed by atoms with Crippen molar-refractivity contribution in [3.8, 4) is 11.5 Å². The summed E-state index contributed by atoms with van der Waals surface area (Å²) >= 11 is 0. The number of unbranched alkanes of at least 4 members (excludes halogenated alkanes) is 2. The number of carbonyl (C=O) groups is 1. The van der Waals surface area contributed by atoms with E-state index in [2.05, 4.69) is 12.2 Å². The first kappa shape index (κ1) is 16.9. The molecule has 0 aliphatic rings. The van der Waals surface area contributed by atoms with Gasteiger partial charge in [0, 0.05) is 11.3 Å². The van der Waals surface area contributed by atoms with Crippen molar-refractivity contribution in [1.29, 1.82) is 0 Å². The molecule has 2 rings (SSSR count). The monoisotopic (exact) mass is 313 g/mol. The first-order valence-electron chi connectivity index (χ1n) is 7.91. The van der Waals surface area contributed by atoms with Crippen LogP contribution in [0.15, 0.2) is 48.5 Å². The maximum atomic E-state index is 12.2. The lowest BCUT2D eigenvalue weighted by atomic mass is 10.2. The van der Waals surface area contributed by atoms with E-state index >= 15 is 0 Å². The highest BCUT2D eigenvalue weighted by molar-refractivity contribution is 6.04. The van der Waals surface area contributed by atoms with Gasteiger partial charge in [-0.1, -0.05) is 19.8 Å². The summed E-state index contributed by atoms with van der Waals surface area (Å²) in [6, 6.07) is 14.4. The van der Waals surface area contributed by atoms with Crippen molar-refractivity contribution in [2.75, 3.05) is 19.0 Å². The molecule has 2 aromatic rings. The maximum absolute atomic E-state index is 12.2. The number of benzene rings is 2. The number of methoxy groups -OCH3 is 1. The number of rotatable bonds is 8. The standard InChI is InChI=1S/C19H23NO3/c1-3-4-5-14-23-18-12-8-16(9-13-18)20-19(21)15-6-10-17(22-2)11-7-15/h6-13H,3-5,14H2,1-2H3,(H,20,21). The number of anilines is 1. The van der Waals surface area contributed by atoms with Crippen molar-refractivity contribution in [1.82, 2.24) is 0 Å². The zero-order valence-electron chi connectivity index (χ0n) is 13.7. The number of hydrogen-bond acceptors (Lipinski definition) is 3. The summed E-state index contributed by atoms with van der Waals surface area (Å²) in [5, 5.41) is 2.86. The Hall–Kier alpha value is -2.49. The number of carbonyl (C=O) groups excluding carboxylic acids is 1. The Balaban J connectivity index is 1.88. The van der Waals surface area contributed by atoms with Crippen molar-refractivity contribution in [2.45, 2.75) is 26.2 Å². The molecule has 1 N–H and O–H groups in total. The smallest absolute Gasteiger partial charge is 0.255 e. The van der Waals surface area contributed by atoms with Crippen LogP contribution in [-0.4, -0.2) is 19.6 Å². The van der Waals surface area contributed by atoms with Crippen LogP contribution in [0.2, 0.25) is 0 Å². The van der Waals surface area contributed by atoms with Crippen LogP contribution in [0, 0.1) is 0 Å². The van der Waals surface area contributed by atoms with Gasteiger partial charge in [0.1, 0.15) is 11.5 Å². The summed E-state index contributed by atoms with van der Waals surface area (Å²) < 4.78 is 10.7. The molecule has 0 spiro atoms. The second kappa shape index (κ2) is 8.83. The number of amides is 1. The van der Waals surface area contributed by atoms with Crippen molar-refractivity contribution in [2.24, 2.45) is 0 Å². The summed E-state index contributed by atoms with van der Waals surface area (Å²) in [6.07, 6.45) is 3.42. The Morgan fingerprint density at radius 3 is 2.22 bits per heavy atom. The molecule has 0 atom stereocenters. The minimum absolute atomic E-state index is 0.149. The zero-order chi connectivity index (χ0) is 16.5. The zero-order valence-corrected chi connectivity index (χ0v) is 13.7. The Bertz CT molecular complexity index is 606. The van der Waals surface area contributed by atoms with E-state index in [4.69, 9.17) is 9.47 Å². The molecule has 0 heterocycles. The minimum Gasteiger partial charge on any atom is -0.497 e. The van der Waals surface area contributed by atoms with Gasteiger partial charge in [0.25, 0.3) is 5.91 Å². The Morgan fingerprint density at radius 2 is 1.61 bits per heavy atom. The van der Waals surface area contributed by atoms with E-state index in [1.807, 2.05) is 24.3 Å². The second-order valence-electron chi connectivity index (χ2n) is 5.26. The van der Waals surface area contributed by atoms with Gasteiger partial charge in [0.15, 0.2) is 0 Å². The van der Waals surface area contributed by atoms with Gasteiger partial charge in [-0.3, -0.25) is 4.79 Å². The molecule has 0 bridgehead atoms. The lowest BCUT2D eigenvalue weighted by Crippen LogP contribution is -2.11. The van der Waals surface area contributed by atoms with Gasteiger partial charge in [-0.25, -0.2) is 0 Å². The largest absolute Gasteiger partial charge is 0.497 e. The van der Waals surface area contributed by atoms with Crippen LogP contribution in [0.1, 0.15) is 36.5 Å². The van der Waals surface area contributed by atoms with E-state index in [-0.39, 0.29) is 5.91 Å². The predicted octanol–water partition coefficient (Wildman–Crippen LogP) is 4.52. The fourth-order valence-corrected chi connectivity index (χ4v) is 2.12. The number of nitrogens with one attached hydrogen (secondary N) is 1. The lowest BCUT2D eigenvalue weighted by molar-refractivity contribution is 0.102. The molecule has 122 valence electrons. The van der Waals surface area contributed by atoms with Gasteiger partial charge in [-0.2, -0.15) is 0 Å². The molecule has 0 saturated carbocycles. The van der Waals surface area contributed by atoms with Gasteiger partial charge in [-0.05, 0) is 55.0 Å². The molecule has 0 unspecified atom stereocenters. The third-order valence-corrected chi connectivity index (χ3v) is 3.48. The average Bonchev–Trinajstić information content (AvgIpc) is 2.60. The highest BCUT2D eigenvalue weighted by Crippen LogP contribution is 2.18. The van der Waals surface area contributed by atoms with E-state index < -0.39 is 0 Å². The van der Waals surface area contributed by atoms with E-state index in [1.165, 1.54) is 12.8 Å². The van der Waals surface area contributed by atoms with E-state index in [1.54, 1.807) is 31.4 Å². The van der Waals surface area contributed by atoms with Crippen molar-refractivity contribution in [3.05, 3.63) is 54.1 Å². The summed E-state index contributed by atoms with van der Waals surface area (Å²) in [5.74, 6) is 1.40. The quantitative estimate of drug-likeness (QED) is 0.729. The molecular weight excluding hydrogens is 290 g/mol. The molecular formula is C19H23NO3. The van der Waals surface area contributed by atoms with Crippen LogP contribution in [0.25, 0.3) is 0 Å². The third kappa shape index (κ3) is 5.33. The fraction of sp³-hybridized carbons (Fsp3) is 0.316. The second-order valence-corrected chi connectivity index (χ2v) is 5.26. The van der Waals surface area contributed by atoms with Crippen molar-refractivity contribution in [3.63, 3.8) is 0 Å². The molecule has 4 nitrogen and oxygen atoms in total. The van der Waals surface area contributed by atoms with Crippen LogP contribution in [0.4, 0.5) is 5.69 Å². The van der Waals surface area contributed by atoms with Crippen LogP contribution in [0.3, 0.4) is 0 Å². The highest BCUT2D eigenvalue weighted by Gasteiger charge is 2.06. The Labute approximate surface area is 137 Å². The molecule has 23 heavy (non-hydrogen) atoms. The molecule has 0 fully saturated rings. The SMILES string of the molecule is CCCCCOc1ccc(NC(=O)c2ccc(OC)cc2)cc1. The molecule has 0 radical (unpaired) electrons. The van der Waals surface area contributed by atoms with Crippen LogP contribution in [-0.2, 0) is 0 Å². The topological polar surface area (TPSA) is 47.6 Å². The van der Waals surface area contributed by atoms with Gasteiger partial charge in [0.2, 0.25) is 0 Å². The number of hydrogen-bond donors (Lipinski definition) is 1. The first-order chi connectivity index (χ1) is 11.2. The van der Waals surface area contributed by atoms with Gasteiger partial charge >= 0.3 is 0 Å². The Morgan fingerprint density at radius 1 is 0.957 bits per heavy atom. The van der Waals surface area contributed by atoms with E-state index in [0.29, 0.717) is 5.56 Å². The average molecular weight is 313 g/mol. The fourth-order valence-electron chi connectivity index (χ4n) is 2.12. The van der Waals surface area contributed by atoms with Crippen molar-refractivity contribution >= 4 is 11.6 Å². The number of ether oxygens (including phenoxy) is 2. The Kier molecular flexibility index (Phi) is 6.48. The molecule has 0 aromatic heterocycles. The summed E-state index contributed by atoms with van der Waals surface area (Å²) in [7, 11) is 1.60. The summed E-state index contributed by atoms with van der Waals surface area (Å²) in [6.45, 7) is 2.89. The van der Waals surface area contributed by atoms with Gasteiger partial charge < -0.3 is 14.8 Å². The van der Waals surface area contributed by atoms with Crippen LogP contribution in [0.5, 0.6) is 11.5 Å². The molecule has 0 saturated heterocycles. The molecule has 1 amide bonds. The first-order valence-corrected chi connectivity index (χ1v) is 7.91. The van der Waals surface area contributed by atoms with Crippen LogP contribution < -0.4 is 14.8 Å². The molecule has 0 aliphatic heterocycles. The summed E-state index contributed by atoms with van der Waals surface area (Å²) in [5.41, 5.74) is 1.33. The van der Waals surface area contributed by atoms with Crippen molar-refractivity contribution < 1.29 is 14.3 Å². The van der Waals surface area contributed by atoms with E-state index in [9.17, 15) is 4.79 Å². The van der Waals surface area contributed by atoms with E-state index in [0.717, 1.165) is 30.2 Å². The van der Waals surface area contributed by atoms with Gasteiger partial charge in [0.05, 0.1) is 13.7 Å². The molecule has 4 heteroatoms. The molecule has 0 aliphatic carbocycles. The highest BCUT2D eigenvalue weighted by atomic mass is 16.5. The lowest BCUT2D eigenvalue weighted by Gasteiger charge is -2.08. The maximum Gasteiger partial charge on any atom is 0.255 e. The summed E-state index contributed by atoms with van der Waals surface area (Å²) in [4.78, 5) is 12.2. The molecule has 2 aromatic carbocycles. The van der Waals surface area contributed by atoms with Gasteiger partial charge in [-0.15, -0.1) is 0 Å².